The van der Waals surface area contributed by atoms with E-state index in [1.165, 1.54) is 25.2 Å². The van der Waals surface area contributed by atoms with Gasteiger partial charge in [0.25, 0.3) is 0 Å². The summed E-state index contributed by atoms with van der Waals surface area (Å²) in [5.74, 6) is 0.556. The first-order valence-electron chi connectivity index (χ1n) is 6.65. The van der Waals surface area contributed by atoms with Crippen LogP contribution in [-0.2, 0) is 0 Å². The topological polar surface area (TPSA) is 84.2 Å². The van der Waals surface area contributed by atoms with Gasteiger partial charge < -0.3 is 10.2 Å². The van der Waals surface area contributed by atoms with Crippen LogP contribution in [0, 0.1) is 10.1 Å². The number of rotatable bonds is 5. The summed E-state index contributed by atoms with van der Waals surface area (Å²) in [4.78, 5) is 20.3. The minimum absolute atomic E-state index is 0.0735. The number of nitrogens with one attached hydrogen (secondary N) is 1. The Hall–Kier alpha value is -1.76. The summed E-state index contributed by atoms with van der Waals surface area (Å²) < 4.78 is 0. The van der Waals surface area contributed by atoms with Crippen molar-refractivity contribution >= 4 is 11.6 Å². The number of aromatic nitrogens is 2. The van der Waals surface area contributed by atoms with Crippen LogP contribution in [0.5, 0.6) is 0 Å². The van der Waals surface area contributed by atoms with Crippen molar-refractivity contribution in [1.82, 2.24) is 15.3 Å². The third-order valence-corrected chi connectivity index (χ3v) is 3.35. The molecule has 1 aromatic heterocycles. The summed E-state index contributed by atoms with van der Waals surface area (Å²) in [5.41, 5.74) is -0.0735. The smallest absolute Gasteiger partial charge is 0.305 e. The molecular formula is C12H19N5O2. The second kappa shape index (κ2) is 6.42. The van der Waals surface area contributed by atoms with E-state index in [1.54, 1.807) is 0 Å². The molecule has 7 heteroatoms. The highest BCUT2D eigenvalue weighted by atomic mass is 16.6. The summed E-state index contributed by atoms with van der Waals surface area (Å²) in [6.45, 7) is 4.72. The molecule has 0 saturated carbocycles. The van der Waals surface area contributed by atoms with E-state index in [0.717, 1.165) is 26.1 Å². The van der Waals surface area contributed by atoms with Crippen LogP contribution in [0.25, 0.3) is 0 Å². The minimum atomic E-state index is -0.483. The molecule has 2 rings (SSSR count). The number of hydrogen-bond donors (Lipinski definition) is 1. The molecule has 1 N–H and O–H groups in total. The molecule has 0 aromatic carbocycles. The van der Waals surface area contributed by atoms with E-state index < -0.39 is 4.92 Å². The maximum atomic E-state index is 10.6. The van der Waals surface area contributed by atoms with Crippen molar-refractivity contribution in [3.8, 4) is 0 Å². The van der Waals surface area contributed by atoms with E-state index in [4.69, 9.17) is 0 Å². The lowest BCUT2D eigenvalue weighted by Crippen LogP contribution is -2.44. The molecule has 7 nitrogen and oxygen atoms in total. The van der Waals surface area contributed by atoms with Crippen molar-refractivity contribution in [1.29, 1.82) is 0 Å². The summed E-state index contributed by atoms with van der Waals surface area (Å²) in [6.07, 6.45) is 6.16. The lowest BCUT2D eigenvalue weighted by Gasteiger charge is -2.29. The Morgan fingerprint density at radius 2 is 2.21 bits per heavy atom. The second-order valence-corrected chi connectivity index (χ2v) is 4.68. The lowest BCUT2D eigenvalue weighted by molar-refractivity contribution is -0.385. The van der Waals surface area contributed by atoms with Crippen molar-refractivity contribution in [2.24, 2.45) is 0 Å². The van der Waals surface area contributed by atoms with E-state index in [2.05, 4.69) is 15.3 Å². The zero-order valence-corrected chi connectivity index (χ0v) is 11.1. The van der Waals surface area contributed by atoms with Gasteiger partial charge in [0.15, 0.2) is 0 Å². The molecule has 1 aromatic rings. The first-order chi connectivity index (χ1) is 9.20. The van der Waals surface area contributed by atoms with Gasteiger partial charge in [-0.2, -0.15) is 0 Å². The Kier molecular flexibility index (Phi) is 4.62. The molecule has 104 valence electrons. The zero-order chi connectivity index (χ0) is 13.7. The van der Waals surface area contributed by atoms with Crippen molar-refractivity contribution < 1.29 is 4.92 Å². The Labute approximate surface area is 112 Å². The largest absolute Gasteiger partial charge is 0.340 e. The summed E-state index contributed by atoms with van der Waals surface area (Å²) in [5, 5.41) is 14.0. The molecule has 0 bridgehead atoms. The van der Waals surface area contributed by atoms with Crippen LogP contribution in [0.15, 0.2) is 12.4 Å². The molecule has 1 aliphatic rings. The monoisotopic (exact) mass is 265 g/mol. The standard InChI is InChI=1S/C12H19N5O2/c1-2-16(9-10-5-3-4-6-13-10)12-14-7-11(8-15-12)17(18)19/h7-8,10,13H,2-6,9H2,1H3. The fourth-order valence-electron chi connectivity index (χ4n) is 2.27. The number of nitro groups is 1. The fraction of sp³-hybridized carbons (Fsp3) is 0.667. The van der Waals surface area contributed by atoms with Crippen LogP contribution < -0.4 is 10.2 Å². The third-order valence-electron chi connectivity index (χ3n) is 3.35. The van der Waals surface area contributed by atoms with E-state index in [1.807, 2.05) is 11.8 Å². The predicted octanol–water partition coefficient (Wildman–Crippen LogP) is 1.35. The lowest BCUT2D eigenvalue weighted by atomic mass is 10.0. The Morgan fingerprint density at radius 1 is 1.47 bits per heavy atom. The first-order valence-corrected chi connectivity index (χ1v) is 6.65. The molecule has 19 heavy (non-hydrogen) atoms. The zero-order valence-electron chi connectivity index (χ0n) is 11.1. The SMILES string of the molecule is CCN(CC1CCCCN1)c1ncc([N+](=O)[O-])cn1. The molecule has 1 unspecified atom stereocenters. The summed E-state index contributed by atoms with van der Waals surface area (Å²) in [6, 6.07) is 0.451. The van der Waals surface area contributed by atoms with E-state index in [9.17, 15) is 10.1 Å². The van der Waals surface area contributed by atoms with Gasteiger partial charge in [-0.25, -0.2) is 9.97 Å². The average molecular weight is 265 g/mol. The van der Waals surface area contributed by atoms with Gasteiger partial charge in [0, 0.05) is 19.1 Å². The molecule has 0 radical (unpaired) electrons. The van der Waals surface area contributed by atoms with Gasteiger partial charge in [-0.1, -0.05) is 6.42 Å². The number of nitrogens with zero attached hydrogens (tertiary/aromatic N) is 4. The Bertz CT molecular complexity index is 417. The predicted molar refractivity (Wildman–Crippen MR) is 72.2 cm³/mol. The molecule has 2 heterocycles. The van der Waals surface area contributed by atoms with Crippen LogP contribution in [-0.4, -0.2) is 40.6 Å². The highest BCUT2D eigenvalue weighted by Crippen LogP contribution is 2.14. The number of anilines is 1. The normalized spacial score (nSPS) is 19.1. The quantitative estimate of drug-likeness (QED) is 0.639. The maximum Gasteiger partial charge on any atom is 0.305 e. The molecular weight excluding hydrogens is 246 g/mol. The first kappa shape index (κ1) is 13.7. The van der Waals surface area contributed by atoms with Crippen molar-refractivity contribution in [2.75, 3.05) is 24.5 Å². The molecule has 0 spiro atoms. The second-order valence-electron chi connectivity index (χ2n) is 4.68. The van der Waals surface area contributed by atoms with Crippen molar-refractivity contribution in [3.05, 3.63) is 22.5 Å². The van der Waals surface area contributed by atoms with Crippen LogP contribution in [0.1, 0.15) is 26.2 Å². The van der Waals surface area contributed by atoms with E-state index in [-0.39, 0.29) is 5.69 Å². The van der Waals surface area contributed by atoms with Crippen molar-refractivity contribution in [3.63, 3.8) is 0 Å². The van der Waals surface area contributed by atoms with Gasteiger partial charge in [0.05, 0.1) is 4.92 Å². The number of hydrogen-bond acceptors (Lipinski definition) is 6. The Balaban J connectivity index is 2.01. The average Bonchev–Trinajstić information content (AvgIpc) is 2.46. The van der Waals surface area contributed by atoms with Gasteiger partial charge in [0.2, 0.25) is 5.95 Å². The summed E-state index contributed by atoms with van der Waals surface area (Å²) >= 11 is 0. The number of likely N-dealkylation sites (N-methyl/N-ethyl adjacent to an activating group) is 1. The highest BCUT2D eigenvalue weighted by molar-refractivity contribution is 5.34. The van der Waals surface area contributed by atoms with Gasteiger partial charge >= 0.3 is 5.69 Å². The fourth-order valence-corrected chi connectivity index (χ4v) is 2.27. The molecule has 0 amide bonds. The Morgan fingerprint density at radius 3 is 2.74 bits per heavy atom. The minimum Gasteiger partial charge on any atom is -0.340 e. The van der Waals surface area contributed by atoms with Crippen LogP contribution in [0.3, 0.4) is 0 Å². The van der Waals surface area contributed by atoms with Gasteiger partial charge in [-0.15, -0.1) is 0 Å². The van der Waals surface area contributed by atoms with Crippen LogP contribution in [0.4, 0.5) is 11.6 Å². The van der Waals surface area contributed by atoms with Gasteiger partial charge in [0.1, 0.15) is 12.4 Å². The van der Waals surface area contributed by atoms with Crippen LogP contribution >= 0.6 is 0 Å². The van der Waals surface area contributed by atoms with Crippen molar-refractivity contribution in [2.45, 2.75) is 32.2 Å². The molecule has 1 fully saturated rings. The molecule has 1 aliphatic heterocycles. The van der Waals surface area contributed by atoms with Gasteiger partial charge in [-0.05, 0) is 26.3 Å². The molecule has 1 saturated heterocycles. The molecule has 0 aliphatic carbocycles. The summed E-state index contributed by atoms with van der Waals surface area (Å²) in [7, 11) is 0. The highest BCUT2D eigenvalue weighted by Gasteiger charge is 2.18. The molecule has 1 atom stereocenters. The third kappa shape index (κ3) is 3.60. The van der Waals surface area contributed by atoms with Gasteiger partial charge in [-0.3, -0.25) is 10.1 Å². The van der Waals surface area contributed by atoms with E-state index in [0.29, 0.717) is 12.0 Å². The van der Waals surface area contributed by atoms with E-state index >= 15 is 0 Å². The number of piperidine rings is 1. The maximum absolute atomic E-state index is 10.6. The van der Waals surface area contributed by atoms with Crippen LogP contribution in [0.2, 0.25) is 0 Å².